The van der Waals surface area contributed by atoms with Crippen molar-refractivity contribution >= 4 is 24.9 Å². The fourth-order valence-electron chi connectivity index (χ4n) is 2.13. The highest BCUT2D eigenvalue weighted by atomic mass is 35.5. The molecule has 4 nitrogen and oxygen atoms in total. The van der Waals surface area contributed by atoms with Gasteiger partial charge in [-0.2, -0.15) is 0 Å². The number of carboxylic acid groups (broad SMARTS) is 1. The molecule has 0 bridgehead atoms. The summed E-state index contributed by atoms with van der Waals surface area (Å²) in [5, 5.41) is 9.28. The quantitative estimate of drug-likeness (QED) is 0.241. The Balaban J connectivity index is 4.74. The first-order valence-electron chi connectivity index (χ1n) is 7.55. The number of carboxylic acids is 1. The molecule has 0 aromatic carbocycles. The largest absolute Gasteiger partial charge is 0.478 e. The van der Waals surface area contributed by atoms with Gasteiger partial charge in [-0.05, 0) is 32.1 Å². The average Bonchev–Trinajstić information content (AvgIpc) is 2.36. The summed E-state index contributed by atoms with van der Waals surface area (Å²) in [6, 6.07) is 0. The van der Waals surface area contributed by atoms with Crippen LogP contribution in [-0.2, 0) is 13.9 Å². The molecule has 0 amide bonds. The number of hydrogen-bond acceptors (Lipinski definition) is 3. The van der Waals surface area contributed by atoms with E-state index in [1.165, 1.54) is 0 Å². The molecule has 21 heavy (non-hydrogen) atoms. The van der Waals surface area contributed by atoms with E-state index < -0.39 is 13.3 Å². The van der Waals surface area contributed by atoms with E-state index in [9.17, 15) is 14.5 Å². The molecule has 1 atom stereocenters. The van der Waals surface area contributed by atoms with Gasteiger partial charge in [-0.3, -0.25) is 4.57 Å². The van der Waals surface area contributed by atoms with Crippen LogP contribution in [0.25, 0.3) is 0 Å². The van der Waals surface area contributed by atoms with Crippen LogP contribution in [0.5, 0.6) is 0 Å². The van der Waals surface area contributed by atoms with Crippen LogP contribution in [0, 0.1) is 5.92 Å². The zero-order chi connectivity index (χ0) is 16.3. The van der Waals surface area contributed by atoms with Crippen LogP contribution in [-0.4, -0.2) is 35.9 Å². The molecule has 0 rings (SSSR count). The van der Waals surface area contributed by atoms with Crippen LogP contribution in [0.3, 0.4) is 0 Å². The SMILES string of the molecule is CCOP(=O)(CC(=CCCCCCCl)C(=O)O)CC(C)C. The summed E-state index contributed by atoms with van der Waals surface area (Å²) in [6.45, 7) is 6.04. The number of rotatable bonds is 12. The minimum Gasteiger partial charge on any atom is -0.478 e. The molecule has 0 fully saturated rings. The van der Waals surface area contributed by atoms with E-state index in [4.69, 9.17) is 16.1 Å². The average molecular weight is 339 g/mol. The molecule has 0 aliphatic heterocycles. The highest BCUT2D eigenvalue weighted by molar-refractivity contribution is 7.59. The zero-order valence-electron chi connectivity index (χ0n) is 13.3. The van der Waals surface area contributed by atoms with Crippen molar-refractivity contribution in [2.45, 2.75) is 46.5 Å². The van der Waals surface area contributed by atoms with Crippen molar-refractivity contribution in [2.24, 2.45) is 5.92 Å². The lowest BCUT2D eigenvalue weighted by Gasteiger charge is -2.20. The van der Waals surface area contributed by atoms with Gasteiger partial charge in [-0.25, -0.2) is 4.79 Å². The molecule has 0 aromatic rings. The number of alkyl halides is 1. The lowest BCUT2D eigenvalue weighted by atomic mass is 10.1. The number of hydrogen-bond donors (Lipinski definition) is 1. The predicted molar refractivity (Wildman–Crippen MR) is 88.7 cm³/mol. The van der Waals surface area contributed by atoms with Gasteiger partial charge >= 0.3 is 5.97 Å². The van der Waals surface area contributed by atoms with Crippen molar-refractivity contribution < 1.29 is 19.0 Å². The van der Waals surface area contributed by atoms with Gasteiger partial charge in [0.1, 0.15) is 0 Å². The summed E-state index contributed by atoms with van der Waals surface area (Å²) < 4.78 is 18.1. The highest BCUT2D eigenvalue weighted by Crippen LogP contribution is 2.50. The molecule has 0 saturated heterocycles. The molecule has 0 heterocycles. The molecular formula is C15H28ClO4P. The number of halogens is 1. The van der Waals surface area contributed by atoms with Gasteiger partial charge in [0.25, 0.3) is 0 Å². The third kappa shape index (κ3) is 10.1. The lowest BCUT2D eigenvalue weighted by Crippen LogP contribution is -2.11. The van der Waals surface area contributed by atoms with E-state index in [1.54, 1.807) is 13.0 Å². The Kier molecular flexibility index (Phi) is 11.1. The van der Waals surface area contributed by atoms with E-state index in [1.807, 2.05) is 13.8 Å². The highest BCUT2D eigenvalue weighted by Gasteiger charge is 2.27. The predicted octanol–water partition coefficient (Wildman–Crippen LogP) is 4.77. The van der Waals surface area contributed by atoms with Crippen molar-refractivity contribution in [1.29, 1.82) is 0 Å². The summed E-state index contributed by atoms with van der Waals surface area (Å²) >= 11 is 5.60. The van der Waals surface area contributed by atoms with Gasteiger partial charge in [0, 0.05) is 17.6 Å². The summed E-state index contributed by atoms with van der Waals surface area (Å²) in [4.78, 5) is 11.3. The van der Waals surface area contributed by atoms with Gasteiger partial charge in [0.05, 0.1) is 12.8 Å². The number of allylic oxidation sites excluding steroid dienone is 1. The lowest BCUT2D eigenvalue weighted by molar-refractivity contribution is -0.132. The maximum atomic E-state index is 12.7. The van der Waals surface area contributed by atoms with Crippen LogP contribution in [0.1, 0.15) is 46.5 Å². The van der Waals surface area contributed by atoms with Gasteiger partial charge < -0.3 is 9.63 Å². The standard InChI is InChI=1S/C15H28ClO4P/c1-4-20-21(19,11-13(2)3)12-14(15(17)18)9-7-5-6-8-10-16/h9,13H,4-8,10-12H2,1-3H3,(H,17,18). The van der Waals surface area contributed by atoms with E-state index >= 15 is 0 Å². The third-order valence-electron chi connectivity index (χ3n) is 2.92. The minimum absolute atomic E-state index is 0.0177. The van der Waals surface area contributed by atoms with Crippen LogP contribution < -0.4 is 0 Å². The Morgan fingerprint density at radius 1 is 1.33 bits per heavy atom. The molecule has 1 N–H and O–H groups in total. The molecular weight excluding hydrogens is 311 g/mol. The smallest absolute Gasteiger partial charge is 0.331 e. The normalized spacial score (nSPS) is 15.2. The van der Waals surface area contributed by atoms with Crippen molar-refractivity contribution in [3.63, 3.8) is 0 Å². The first kappa shape index (κ1) is 20.7. The Hall–Kier alpha value is -0.310. The molecule has 0 aliphatic carbocycles. The van der Waals surface area contributed by atoms with Crippen LogP contribution in [0.2, 0.25) is 0 Å². The summed E-state index contributed by atoms with van der Waals surface area (Å²) in [6.07, 6.45) is 5.59. The Morgan fingerprint density at radius 3 is 2.48 bits per heavy atom. The van der Waals surface area contributed by atoms with E-state index in [-0.39, 0.29) is 17.7 Å². The molecule has 0 aromatic heterocycles. The maximum Gasteiger partial charge on any atom is 0.331 e. The van der Waals surface area contributed by atoms with Crippen molar-refractivity contribution in [2.75, 3.05) is 24.8 Å². The summed E-state index contributed by atoms with van der Waals surface area (Å²) in [5.74, 6) is -0.166. The van der Waals surface area contributed by atoms with Crippen molar-refractivity contribution in [3.05, 3.63) is 11.6 Å². The molecule has 6 heteroatoms. The van der Waals surface area contributed by atoms with Crippen LogP contribution >= 0.6 is 19.0 Å². The second kappa shape index (κ2) is 11.3. The van der Waals surface area contributed by atoms with Crippen molar-refractivity contribution in [3.8, 4) is 0 Å². The first-order chi connectivity index (χ1) is 9.84. The van der Waals surface area contributed by atoms with E-state index in [0.29, 0.717) is 25.1 Å². The number of aliphatic carboxylic acids is 1. The second-order valence-corrected chi connectivity index (χ2v) is 8.49. The van der Waals surface area contributed by atoms with Crippen molar-refractivity contribution in [1.82, 2.24) is 0 Å². The molecule has 0 radical (unpaired) electrons. The topological polar surface area (TPSA) is 63.6 Å². The Morgan fingerprint density at radius 2 is 2.00 bits per heavy atom. The molecule has 0 aliphatic rings. The molecule has 1 unspecified atom stereocenters. The summed E-state index contributed by atoms with van der Waals surface area (Å²) in [7, 11) is -2.92. The van der Waals surface area contributed by atoms with Crippen LogP contribution in [0.4, 0.5) is 0 Å². The second-order valence-electron chi connectivity index (χ2n) is 5.54. The Labute approximate surface area is 133 Å². The Bertz CT molecular complexity index is 380. The van der Waals surface area contributed by atoms with Gasteiger partial charge in [-0.15, -0.1) is 11.6 Å². The molecule has 124 valence electrons. The first-order valence-corrected chi connectivity index (χ1v) is 10.1. The molecule has 0 spiro atoms. The fourth-order valence-corrected chi connectivity index (χ4v) is 5.01. The minimum atomic E-state index is -2.92. The molecule has 0 saturated carbocycles. The van der Waals surface area contributed by atoms with Gasteiger partial charge in [-0.1, -0.05) is 26.3 Å². The summed E-state index contributed by atoms with van der Waals surface area (Å²) in [5.41, 5.74) is 0.207. The van der Waals surface area contributed by atoms with E-state index in [2.05, 4.69) is 0 Å². The van der Waals surface area contributed by atoms with Gasteiger partial charge in [0.2, 0.25) is 7.37 Å². The number of unbranched alkanes of at least 4 members (excludes halogenated alkanes) is 3. The maximum absolute atomic E-state index is 12.7. The fraction of sp³-hybridized carbons (Fsp3) is 0.800. The monoisotopic (exact) mass is 338 g/mol. The third-order valence-corrected chi connectivity index (χ3v) is 6.03. The zero-order valence-corrected chi connectivity index (χ0v) is 15.0. The number of carbonyl (C=O) groups is 1. The van der Waals surface area contributed by atoms with E-state index in [0.717, 1.165) is 19.3 Å². The van der Waals surface area contributed by atoms with Gasteiger partial charge in [0.15, 0.2) is 0 Å². The van der Waals surface area contributed by atoms with Crippen LogP contribution in [0.15, 0.2) is 11.6 Å².